The quantitative estimate of drug-likeness (QED) is 0.787. The molecule has 0 amide bonds. The zero-order valence-corrected chi connectivity index (χ0v) is 13.2. The molecule has 122 valence electrons. The third-order valence-electron chi connectivity index (χ3n) is 3.78. The number of hydrogen-bond donors (Lipinski definition) is 0. The summed E-state index contributed by atoms with van der Waals surface area (Å²) in [6.07, 6.45) is 3.38. The number of carbonyl (C=O) groups is 1. The van der Waals surface area contributed by atoms with Gasteiger partial charge in [0.1, 0.15) is 6.10 Å². The maximum absolute atomic E-state index is 12.3. The molecule has 23 heavy (non-hydrogen) atoms. The Hall–Kier alpha value is -2.18. The van der Waals surface area contributed by atoms with E-state index in [9.17, 15) is 4.79 Å². The van der Waals surface area contributed by atoms with Crippen molar-refractivity contribution in [2.45, 2.75) is 13.0 Å². The molecule has 1 aromatic heterocycles. The number of morpholine rings is 1. The van der Waals surface area contributed by atoms with Crippen molar-refractivity contribution in [2.75, 3.05) is 32.8 Å². The van der Waals surface area contributed by atoms with Crippen LogP contribution in [0.5, 0.6) is 0 Å². The van der Waals surface area contributed by atoms with Gasteiger partial charge in [-0.1, -0.05) is 6.07 Å². The minimum atomic E-state index is -0.306. The van der Waals surface area contributed by atoms with E-state index in [1.165, 1.54) is 0 Å². The summed E-state index contributed by atoms with van der Waals surface area (Å²) in [6.45, 7) is 5.91. The first-order chi connectivity index (χ1) is 11.2. The van der Waals surface area contributed by atoms with Gasteiger partial charge in [-0.3, -0.25) is 4.90 Å². The van der Waals surface area contributed by atoms with E-state index in [1.54, 1.807) is 23.0 Å². The number of ether oxygens (including phenoxy) is 2. The first-order valence-corrected chi connectivity index (χ1v) is 7.83. The Kier molecular flexibility index (Phi) is 5.05. The highest BCUT2D eigenvalue weighted by molar-refractivity contribution is 5.90. The van der Waals surface area contributed by atoms with Gasteiger partial charge >= 0.3 is 5.97 Å². The minimum Gasteiger partial charge on any atom is -0.458 e. The molecule has 0 radical (unpaired) electrons. The van der Waals surface area contributed by atoms with E-state index in [4.69, 9.17) is 9.47 Å². The van der Waals surface area contributed by atoms with Crippen LogP contribution in [0.2, 0.25) is 0 Å². The first kappa shape index (κ1) is 15.7. The van der Waals surface area contributed by atoms with Crippen LogP contribution in [0.25, 0.3) is 5.69 Å². The predicted octanol–water partition coefficient (Wildman–Crippen LogP) is 1.75. The largest absolute Gasteiger partial charge is 0.458 e. The number of carbonyl (C=O) groups excluding carboxylic acids is 1. The molecule has 1 aliphatic rings. The Morgan fingerprint density at radius 3 is 2.91 bits per heavy atom. The van der Waals surface area contributed by atoms with E-state index in [0.717, 1.165) is 38.5 Å². The average Bonchev–Trinajstić information content (AvgIpc) is 3.10. The molecule has 6 heteroatoms. The molecule has 1 aromatic carbocycles. The second-order valence-corrected chi connectivity index (χ2v) is 5.63. The van der Waals surface area contributed by atoms with Crippen LogP contribution in [0.15, 0.2) is 42.7 Å². The van der Waals surface area contributed by atoms with Gasteiger partial charge in [-0.15, -0.1) is 0 Å². The van der Waals surface area contributed by atoms with Gasteiger partial charge in [0.25, 0.3) is 0 Å². The molecule has 6 nitrogen and oxygen atoms in total. The lowest BCUT2D eigenvalue weighted by Gasteiger charge is -2.28. The van der Waals surface area contributed by atoms with E-state index in [1.807, 2.05) is 31.3 Å². The number of aromatic nitrogens is 2. The molecule has 2 heterocycles. The highest BCUT2D eigenvalue weighted by atomic mass is 16.5. The number of hydrogen-bond acceptors (Lipinski definition) is 5. The summed E-state index contributed by atoms with van der Waals surface area (Å²) in [5.74, 6) is -0.306. The molecule has 0 N–H and O–H groups in total. The molecule has 0 aliphatic carbocycles. The Morgan fingerprint density at radius 2 is 2.17 bits per heavy atom. The van der Waals surface area contributed by atoms with Crippen molar-refractivity contribution in [1.29, 1.82) is 0 Å². The van der Waals surface area contributed by atoms with Crippen molar-refractivity contribution >= 4 is 5.97 Å². The summed E-state index contributed by atoms with van der Waals surface area (Å²) in [6, 6.07) is 9.13. The summed E-state index contributed by atoms with van der Waals surface area (Å²) in [5, 5.41) is 4.17. The van der Waals surface area contributed by atoms with Gasteiger partial charge in [-0.05, 0) is 31.2 Å². The van der Waals surface area contributed by atoms with Gasteiger partial charge in [0.15, 0.2) is 0 Å². The van der Waals surface area contributed by atoms with E-state index in [-0.39, 0.29) is 12.1 Å². The molecule has 0 saturated carbocycles. The smallest absolute Gasteiger partial charge is 0.338 e. The van der Waals surface area contributed by atoms with E-state index in [0.29, 0.717) is 5.56 Å². The second kappa shape index (κ2) is 7.39. The fourth-order valence-electron chi connectivity index (χ4n) is 2.63. The zero-order valence-electron chi connectivity index (χ0n) is 13.2. The van der Waals surface area contributed by atoms with Crippen LogP contribution in [0.1, 0.15) is 17.3 Å². The Balaban J connectivity index is 1.60. The van der Waals surface area contributed by atoms with Crippen molar-refractivity contribution in [3.63, 3.8) is 0 Å². The molecule has 0 spiro atoms. The number of benzene rings is 1. The molecule has 0 bridgehead atoms. The topological polar surface area (TPSA) is 56.6 Å². The monoisotopic (exact) mass is 315 g/mol. The Morgan fingerprint density at radius 1 is 1.35 bits per heavy atom. The molecule has 0 unspecified atom stereocenters. The molecule has 1 fully saturated rings. The van der Waals surface area contributed by atoms with E-state index < -0.39 is 0 Å². The van der Waals surface area contributed by atoms with Gasteiger partial charge in [-0.2, -0.15) is 5.10 Å². The molecule has 2 aromatic rings. The summed E-state index contributed by atoms with van der Waals surface area (Å²) >= 11 is 0. The fourth-order valence-corrected chi connectivity index (χ4v) is 2.63. The Labute approximate surface area is 135 Å². The van der Waals surface area contributed by atoms with Gasteiger partial charge < -0.3 is 9.47 Å². The van der Waals surface area contributed by atoms with Crippen LogP contribution >= 0.6 is 0 Å². The van der Waals surface area contributed by atoms with Crippen LogP contribution in [0.4, 0.5) is 0 Å². The summed E-state index contributed by atoms with van der Waals surface area (Å²) in [4.78, 5) is 14.6. The number of nitrogens with zero attached hydrogens (tertiary/aromatic N) is 3. The van der Waals surface area contributed by atoms with Crippen LogP contribution < -0.4 is 0 Å². The molecule has 3 rings (SSSR count). The Bertz CT molecular complexity index is 636. The van der Waals surface area contributed by atoms with Gasteiger partial charge in [0.2, 0.25) is 0 Å². The average molecular weight is 315 g/mol. The molecule has 1 saturated heterocycles. The van der Waals surface area contributed by atoms with Crippen LogP contribution in [-0.4, -0.2) is 59.6 Å². The number of rotatable bonds is 5. The molecular formula is C17H21N3O3. The number of esters is 1. The highest BCUT2D eigenvalue weighted by Crippen LogP contribution is 2.12. The zero-order chi connectivity index (χ0) is 16.1. The summed E-state index contributed by atoms with van der Waals surface area (Å²) in [7, 11) is 0. The predicted molar refractivity (Wildman–Crippen MR) is 85.7 cm³/mol. The maximum atomic E-state index is 12.3. The minimum absolute atomic E-state index is 0.158. The lowest BCUT2D eigenvalue weighted by atomic mass is 10.2. The highest BCUT2D eigenvalue weighted by Gasteiger charge is 2.17. The van der Waals surface area contributed by atoms with Gasteiger partial charge in [-0.25, -0.2) is 9.48 Å². The van der Waals surface area contributed by atoms with Crippen molar-refractivity contribution in [3.8, 4) is 5.69 Å². The SMILES string of the molecule is C[C@H](CN1CCOCC1)OC(=O)c1cccc(-n2cccn2)c1. The third-order valence-corrected chi connectivity index (χ3v) is 3.78. The van der Waals surface area contributed by atoms with Gasteiger partial charge in [0, 0.05) is 32.0 Å². The maximum Gasteiger partial charge on any atom is 0.338 e. The van der Waals surface area contributed by atoms with E-state index >= 15 is 0 Å². The van der Waals surface area contributed by atoms with Crippen LogP contribution in [0, 0.1) is 0 Å². The molecule has 1 atom stereocenters. The normalized spacial score (nSPS) is 16.9. The molecular weight excluding hydrogens is 294 g/mol. The second-order valence-electron chi connectivity index (χ2n) is 5.63. The van der Waals surface area contributed by atoms with Crippen LogP contribution in [0.3, 0.4) is 0 Å². The summed E-state index contributed by atoms with van der Waals surface area (Å²) in [5.41, 5.74) is 1.37. The molecule has 1 aliphatic heterocycles. The van der Waals surface area contributed by atoms with Crippen molar-refractivity contribution < 1.29 is 14.3 Å². The lowest BCUT2D eigenvalue weighted by Crippen LogP contribution is -2.41. The van der Waals surface area contributed by atoms with Crippen molar-refractivity contribution in [1.82, 2.24) is 14.7 Å². The van der Waals surface area contributed by atoms with Crippen LogP contribution in [-0.2, 0) is 9.47 Å². The fraction of sp³-hybridized carbons (Fsp3) is 0.412. The van der Waals surface area contributed by atoms with Crippen molar-refractivity contribution in [3.05, 3.63) is 48.3 Å². The van der Waals surface area contributed by atoms with E-state index in [2.05, 4.69) is 10.00 Å². The standard InChI is InChI=1S/C17H21N3O3/c1-14(13-19-8-10-22-11-9-19)23-17(21)15-4-2-5-16(12-15)20-7-3-6-18-20/h2-7,12,14H,8-11,13H2,1H3/t14-/m1/s1. The third kappa shape index (κ3) is 4.18. The lowest BCUT2D eigenvalue weighted by molar-refractivity contribution is 0.000445. The van der Waals surface area contributed by atoms with Crippen molar-refractivity contribution in [2.24, 2.45) is 0 Å². The first-order valence-electron chi connectivity index (χ1n) is 7.83. The summed E-state index contributed by atoms with van der Waals surface area (Å²) < 4.78 is 12.6. The van der Waals surface area contributed by atoms with Gasteiger partial charge in [0.05, 0.1) is 24.5 Å².